The molecule has 8 aromatic rings. The Morgan fingerprint density at radius 1 is 0.710 bits per heavy atom. The highest BCUT2D eigenvalue weighted by atomic mass is 35.5. The van der Waals surface area contributed by atoms with Gasteiger partial charge in [0, 0.05) is 84.6 Å². The minimum Gasteiger partial charge on any atom is -0.507 e. The molecule has 0 spiro atoms. The van der Waals surface area contributed by atoms with E-state index >= 15 is 0 Å². The number of aliphatic carboxylic acids is 4. The molecular formula is C77H98ClN17O27P2. The number of ether oxygens (including phenoxy) is 3. The number of carbonyl (C=O) groups is 9. The summed E-state index contributed by atoms with van der Waals surface area (Å²) in [5.41, 5.74) is 30.5. The number of nitrogen functional groups attached to an aromatic ring is 4. The highest BCUT2D eigenvalue weighted by molar-refractivity contribution is 7.72. The molecule has 44 nitrogen and oxygen atoms in total. The van der Waals surface area contributed by atoms with Crippen LogP contribution in [0.4, 0.5) is 29.2 Å². The summed E-state index contributed by atoms with van der Waals surface area (Å²) in [6.07, 6.45) is 0.979. The maximum Gasteiger partial charge on any atom is 0.369 e. The number of rotatable bonds is 32. The maximum atomic E-state index is 13.6. The summed E-state index contributed by atoms with van der Waals surface area (Å²) in [5.74, 6) is -8.87. The number of hydrogen-bond donors (Lipinski definition) is 21. The second-order valence-corrected chi connectivity index (χ2v) is 33.2. The van der Waals surface area contributed by atoms with E-state index in [1.165, 1.54) is 50.6 Å². The molecule has 4 aromatic carbocycles. The number of fused-ring (bicyclic) bond motifs is 5. The van der Waals surface area contributed by atoms with Crippen molar-refractivity contribution in [3.8, 4) is 17.2 Å². The fraction of sp³-hybridized carbons (Fsp3) is 0.416. The average Bonchev–Trinajstić information content (AvgIpc) is 0.709. The number of phenols is 2. The number of nitrogens with one attached hydrogen (secondary N) is 3. The van der Waals surface area contributed by atoms with Crippen LogP contribution in [0.25, 0.3) is 22.3 Å². The number of phenolic OH excluding ortho intramolecular Hbond substituents is 2. The number of aromatic hydroxyl groups is 2. The van der Waals surface area contributed by atoms with Gasteiger partial charge in [-0.05, 0) is 113 Å². The summed E-state index contributed by atoms with van der Waals surface area (Å²) in [6, 6.07) is 14.2. The van der Waals surface area contributed by atoms with Crippen molar-refractivity contribution in [1.82, 2.24) is 55.4 Å². The highest BCUT2D eigenvalue weighted by Gasteiger charge is 2.59. The third-order valence-electron chi connectivity index (χ3n) is 20.4. The number of ketones is 3. The molecule has 2 amide bonds. The Labute approximate surface area is 712 Å². The van der Waals surface area contributed by atoms with Gasteiger partial charge in [-0.2, -0.15) is 19.9 Å². The largest absolute Gasteiger partial charge is 0.507 e. The van der Waals surface area contributed by atoms with Crippen molar-refractivity contribution < 1.29 is 132 Å². The zero-order valence-electron chi connectivity index (χ0n) is 67.7. The molecule has 26 N–H and O–H groups in total. The topological polar surface area (TPSA) is 751 Å². The third-order valence-corrected chi connectivity index (χ3v) is 24.3. The lowest BCUT2D eigenvalue weighted by Crippen LogP contribution is -2.52. The number of Topliss-reactive ketones (excluding diaryl/α,β-unsaturated/α-hetero) is 1. The van der Waals surface area contributed by atoms with Crippen LogP contribution < -0.4 is 49.4 Å². The van der Waals surface area contributed by atoms with Gasteiger partial charge < -0.3 is 129 Å². The number of nitrogens with two attached hydrogens (primary N) is 5. The van der Waals surface area contributed by atoms with Crippen LogP contribution in [0.5, 0.6) is 17.2 Å². The number of carboxylic acid groups (broad SMARTS) is 4. The van der Waals surface area contributed by atoms with Crippen LogP contribution in [-0.4, -0.2) is 238 Å². The number of methoxy groups -OCH3 is 1. The Morgan fingerprint density at radius 2 is 1.23 bits per heavy atom. The first kappa shape index (κ1) is 99.4. The van der Waals surface area contributed by atoms with Gasteiger partial charge in [0.2, 0.25) is 17.7 Å². The van der Waals surface area contributed by atoms with Crippen LogP contribution in [0, 0.1) is 0 Å². The fourth-order valence-electron chi connectivity index (χ4n) is 13.5. The van der Waals surface area contributed by atoms with E-state index in [4.69, 9.17) is 77.8 Å². The fourth-order valence-corrected chi connectivity index (χ4v) is 15.6. The molecule has 11 rings (SSSR count). The molecular weight excluding hydrogens is 1690 g/mol. The Kier molecular flexibility index (Phi) is 34.1. The molecule has 9 atom stereocenters. The van der Waals surface area contributed by atoms with Crippen molar-refractivity contribution >= 4 is 132 Å². The lowest BCUT2D eigenvalue weighted by molar-refractivity contribution is -0.247. The molecule has 1 aliphatic heterocycles. The number of aromatic nitrogens is 8. The summed E-state index contributed by atoms with van der Waals surface area (Å²) in [4.78, 5) is 179. The smallest absolute Gasteiger partial charge is 0.369 e. The highest BCUT2D eigenvalue weighted by Crippen LogP contribution is 2.69. The molecule has 1 saturated heterocycles. The van der Waals surface area contributed by atoms with Gasteiger partial charge in [-0.15, -0.1) is 12.4 Å². The Hall–Kier alpha value is -11.7. The molecule has 0 bridgehead atoms. The van der Waals surface area contributed by atoms with Crippen molar-refractivity contribution in [2.75, 3.05) is 55.5 Å². The van der Waals surface area contributed by atoms with Gasteiger partial charge in [-0.1, -0.05) is 51.0 Å². The number of aliphatic hydroxyl groups excluding tert-OH is 1. The van der Waals surface area contributed by atoms with Crippen LogP contribution in [0.1, 0.15) is 191 Å². The lowest BCUT2D eigenvalue weighted by Gasteiger charge is -2.42. The molecule has 670 valence electrons. The maximum absolute atomic E-state index is 13.6. The molecule has 4 aromatic heterocycles. The van der Waals surface area contributed by atoms with Crippen LogP contribution in [-0.2, 0) is 62.0 Å². The monoisotopic (exact) mass is 1790 g/mol. The number of carboxylic acids is 4. The van der Waals surface area contributed by atoms with Crippen molar-refractivity contribution in [3.63, 3.8) is 0 Å². The molecule has 1 fully saturated rings. The molecule has 5 heterocycles. The summed E-state index contributed by atoms with van der Waals surface area (Å²) in [6.45, 7) is 7.75. The van der Waals surface area contributed by atoms with Crippen molar-refractivity contribution in [1.29, 1.82) is 0 Å². The molecule has 47 heteroatoms. The van der Waals surface area contributed by atoms with Crippen LogP contribution in [0.15, 0.2) is 79.1 Å². The number of benzene rings is 4. The van der Waals surface area contributed by atoms with E-state index in [1.807, 2.05) is 13.8 Å². The SMILES string of the molecule is CCC(Cc1cnc2nc(N)nc(N)c2n1)c1ccc(C(=O)N[C@@H](CCC(=O)O)C(=O)O)cc1.CCCCCN(C)CCC(O)(P(=O)(O)O)P(=O)(O)O.COc1cccc2c1C(=O)c1c(O)c3c(c(O)c1C2=O)C[C@@](O)(C(C)=O)C[C@@H]3OC1CC(N)C(O)C(C)O1.Cl.Nc1nc(N)c2nc(CNc3ccc(C(=O)NC(CCC(=O)O)C(=O)O)cc3)cnc2n1. The number of carbonyl (C=O) groups excluding carboxylic acids is 5. The van der Waals surface area contributed by atoms with Crippen LogP contribution >= 0.6 is 27.6 Å². The van der Waals surface area contributed by atoms with Gasteiger partial charge >= 0.3 is 39.1 Å². The van der Waals surface area contributed by atoms with E-state index in [9.17, 15) is 82.9 Å². The average molecular weight is 1790 g/mol. The number of halogens is 1. The minimum atomic E-state index is -5.33. The van der Waals surface area contributed by atoms with E-state index in [-0.39, 0.29) is 132 Å². The van der Waals surface area contributed by atoms with E-state index < -0.39 is 157 Å². The number of amides is 2. The zero-order valence-corrected chi connectivity index (χ0v) is 70.3. The second-order valence-electron chi connectivity index (χ2n) is 29.2. The normalized spacial score (nSPS) is 17.9. The number of nitrogens with zero attached hydrogens (tertiary/aromatic N) is 9. The number of anilines is 5. The van der Waals surface area contributed by atoms with Crippen molar-refractivity contribution in [2.45, 2.75) is 177 Å². The number of aliphatic hydroxyl groups is 3. The van der Waals surface area contributed by atoms with Gasteiger partial charge in [0.1, 0.15) is 34.9 Å². The first-order valence-electron chi connectivity index (χ1n) is 38.2. The summed E-state index contributed by atoms with van der Waals surface area (Å²) >= 11 is 0. The zero-order chi connectivity index (χ0) is 91.1. The van der Waals surface area contributed by atoms with E-state index in [0.717, 1.165) is 31.2 Å². The molecule has 124 heavy (non-hydrogen) atoms. The lowest BCUT2D eigenvalue weighted by atomic mass is 9.72. The van der Waals surface area contributed by atoms with Crippen molar-refractivity contribution in [2.24, 2.45) is 5.73 Å². The molecule has 2 aliphatic carbocycles. The Bertz CT molecular complexity index is 5350. The predicted octanol–water partition coefficient (Wildman–Crippen LogP) is 3.56. The Balaban J connectivity index is 0.000000232. The first-order valence-corrected chi connectivity index (χ1v) is 41.4. The van der Waals surface area contributed by atoms with Gasteiger partial charge in [0.05, 0.1) is 72.4 Å². The van der Waals surface area contributed by atoms with Gasteiger partial charge in [-0.3, -0.25) is 42.7 Å². The van der Waals surface area contributed by atoms with Gasteiger partial charge in [0.15, 0.2) is 51.8 Å². The molecule has 0 saturated carbocycles. The molecule has 3 aliphatic rings. The van der Waals surface area contributed by atoms with Gasteiger partial charge in [-0.25, -0.2) is 29.5 Å². The van der Waals surface area contributed by atoms with E-state index in [0.29, 0.717) is 53.3 Å². The standard InChI is InChI=1S/C27H29NO10.C22H25N7O5.C19H20N8O5.C9H23NO7P2.ClH/c1-10-22(30)14(28)7-17(37-10)38-16-9-27(35,11(2)29)8-13-19(16)26(34)21-20(24(13)32)23(31)12-5-4-6-15(36-3)18(12)25(21)33;1-2-11(9-14-10-25-19-17(26-14)18(23)28-22(24)29-19)12-3-5-13(6-4-12)20(32)27-15(21(33)34)7-8-16(30)31;20-15-14-16(27-19(21)26-15)23-8-11(24-14)7-22-10-3-1-9(2-4-10)17(30)25-12(18(31)32)5-6-13(28)29;1-3-4-5-7-10(2)8-6-9(11,18(12,13)14)19(15,16)17;/h4-6,10,14,16-17,22,30,32,34-35H,7-9,28H2,1-3H3;3-6,10-11,15H,2,7-9H2,1H3,(H,27,32)(H,30,31)(H,33,34)(H4,23,24,25,28,29);1-4,8,12,22H,5-7H2,(H,25,30)(H,28,29)(H,31,32)(H4,20,21,23,26,27);11H,3-8H2,1-2H3,(H2,12,13,14)(H2,15,16,17);1H/t10?,14?,16-,17?,22?,27-;11?,15-;;;/m00.../s1. The first-order chi connectivity index (χ1) is 57.7. The predicted molar refractivity (Wildman–Crippen MR) is 445 cm³/mol. The summed E-state index contributed by atoms with van der Waals surface area (Å²) in [7, 11) is -7.66. The number of hydrogen-bond acceptors (Lipinski definition) is 34. The third kappa shape index (κ3) is 24.4. The minimum absolute atomic E-state index is 0. The van der Waals surface area contributed by atoms with Gasteiger partial charge in [0.25, 0.3) is 16.9 Å². The van der Waals surface area contributed by atoms with Crippen molar-refractivity contribution in [3.05, 3.63) is 141 Å². The van der Waals surface area contributed by atoms with Crippen LogP contribution in [0.3, 0.4) is 0 Å². The quantitative estimate of drug-likeness (QED) is 0.0163. The number of unbranched alkanes of at least 4 members (excludes halogenated alkanes) is 2. The van der Waals surface area contributed by atoms with E-state index in [1.54, 1.807) is 61.5 Å². The summed E-state index contributed by atoms with van der Waals surface area (Å²) in [5, 5.41) is 94.1. The molecule has 0 radical (unpaired) electrons. The molecule has 6 unspecified atom stereocenters. The summed E-state index contributed by atoms with van der Waals surface area (Å²) < 4.78 is 39.3. The second kappa shape index (κ2) is 42.6. The van der Waals surface area contributed by atoms with E-state index in [2.05, 4.69) is 55.8 Å². The Morgan fingerprint density at radius 3 is 1.71 bits per heavy atom. The van der Waals surface area contributed by atoms with Crippen LogP contribution in [0.2, 0.25) is 0 Å².